The van der Waals surface area contributed by atoms with Crippen molar-refractivity contribution in [2.45, 2.75) is 60.0 Å². The molecule has 1 saturated heterocycles. The van der Waals surface area contributed by atoms with Gasteiger partial charge in [0.05, 0.1) is 17.8 Å². The molecule has 2 aromatic heterocycles. The minimum atomic E-state index is -0.135. The quantitative estimate of drug-likeness (QED) is 0.250. The van der Waals surface area contributed by atoms with Crippen molar-refractivity contribution in [3.8, 4) is 5.69 Å². The smallest absolute Gasteiger partial charge is 0.226 e. The monoisotopic (exact) mass is 551 g/mol. The van der Waals surface area contributed by atoms with Gasteiger partial charge in [0.1, 0.15) is 0 Å². The molecule has 206 valence electrons. The average Bonchev–Trinajstić information content (AvgIpc) is 3.39. The van der Waals surface area contributed by atoms with Gasteiger partial charge in [-0.3, -0.25) is 9.78 Å². The number of aryl methyl sites for hydroxylation is 5. The summed E-state index contributed by atoms with van der Waals surface area (Å²) < 4.78 is 2.32. The fraction of sp³-hybridized carbons (Fsp3) is 0.303. The zero-order chi connectivity index (χ0) is 28.6. The van der Waals surface area contributed by atoms with Crippen LogP contribution < -0.4 is 10.6 Å². The molecule has 2 atom stereocenters. The molecule has 2 aromatic carbocycles. The van der Waals surface area contributed by atoms with Gasteiger partial charge >= 0.3 is 0 Å². The number of hydrogen-bond donors (Lipinski definition) is 2. The van der Waals surface area contributed by atoms with Crippen molar-refractivity contribution >= 4 is 28.9 Å². The lowest BCUT2D eigenvalue weighted by Gasteiger charge is -2.28. The van der Waals surface area contributed by atoms with E-state index in [-0.39, 0.29) is 18.0 Å². The lowest BCUT2D eigenvalue weighted by molar-refractivity contribution is -0.116. The fourth-order valence-corrected chi connectivity index (χ4v) is 6.19. The number of pyridine rings is 1. The summed E-state index contributed by atoms with van der Waals surface area (Å²) in [5, 5.41) is 7.26. The van der Waals surface area contributed by atoms with Crippen LogP contribution in [0.5, 0.6) is 0 Å². The molecule has 1 aliphatic heterocycles. The number of benzene rings is 2. The van der Waals surface area contributed by atoms with E-state index in [9.17, 15) is 4.79 Å². The highest BCUT2D eigenvalue weighted by atomic mass is 32.1. The van der Waals surface area contributed by atoms with E-state index >= 15 is 0 Å². The van der Waals surface area contributed by atoms with Crippen molar-refractivity contribution in [2.75, 3.05) is 11.9 Å². The predicted molar refractivity (Wildman–Crippen MR) is 166 cm³/mol. The molecule has 1 fully saturated rings. The molecular formula is C33H37N5OS. The van der Waals surface area contributed by atoms with Gasteiger partial charge in [-0.05, 0) is 118 Å². The van der Waals surface area contributed by atoms with E-state index in [1.54, 1.807) is 0 Å². The molecule has 4 aromatic rings. The third-order valence-corrected chi connectivity index (χ3v) is 8.05. The van der Waals surface area contributed by atoms with Gasteiger partial charge in [0.15, 0.2) is 5.11 Å². The van der Waals surface area contributed by atoms with Crippen LogP contribution in [0.1, 0.15) is 63.4 Å². The molecular weight excluding hydrogens is 514 g/mol. The van der Waals surface area contributed by atoms with Gasteiger partial charge < -0.3 is 20.1 Å². The number of thiocarbonyl (C=S) groups is 1. The Kier molecular flexibility index (Phi) is 7.76. The molecule has 0 unspecified atom stereocenters. The average molecular weight is 552 g/mol. The normalized spacial score (nSPS) is 16.8. The number of aromatic nitrogens is 2. The molecule has 0 bridgehead atoms. The molecule has 2 N–H and O–H groups in total. The molecule has 0 saturated carbocycles. The van der Waals surface area contributed by atoms with Crippen molar-refractivity contribution in [3.63, 3.8) is 0 Å². The van der Waals surface area contributed by atoms with E-state index in [4.69, 9.17) is 12.2 Å². The Labute approximate surface area is 242 Å². The number of amides is 1. The lowest BCUT2D eigenvalue weighted by atomic mass is 9.96. The van der Waals surface area contributed by atoms with Crippen molar-refractivity contribution in [2.24, 2.45) is 0 Å². The standard InChI is InChI=1S/C33H37N5OS/c1-20-10-11-23(4)29(18-20)35-30(39)12-14-37-32(31(36-33(37)40)28-9-7-8-13-34-28)27-19-24(5)38(25(27)6)26-16-21(2)15-22(3)17-26/h7-11,13,15-19,31-32H,12,14H2,1-6H3,(H,35,39)(H,36,40)/t31-,32-/m0/s1. The van der Waals surface area contributed by atoms with Crippen LogP contribution in [0.3, 0.4) is 0 Å². The molecule has 0 radical (unpaired) electrons. The van der Waals surface area contributed by atoms with Crippen molar-refractivity contribution in [1.29, 1.82) is 0 Å². The van der Waals surface area contributed by atoms with Crippen LogP contribution in [0.2, 0.25) is 0 Å². The highest BCUT2D eigenvalue weighted by Gasteiger charge is 2.41. The molecule has 3 heterocycles. The highest BCUT2D eigenvalue weighted by Crippen LogP contribution is 2.41. The van der Waals surface area contributed by atoms with E-state index in [2.05, 4.69) is 83.1 Å². The Morgan fingerprint density at radius 3 is 2.40 bits per heavy atom. The second-order valence-electron chi connectivity index (χ2n) is 10.9. The number of rotatable bonds is 7. The highest BCUT2D eigenvalue weighted by molar-refractivity contribution is 7.80. The van der Waals surface area contributed by atoms with E-state index in [0.29, 0.717) is 18.1 Å². The van der Waals surface area contributed by atoms with Crippen molar-refractivity contribution < 1.29 is 4.79 Å². The first-order valence-corrected chi connectivity index (χ1v) is 14.2. The number of anilines is 1. The molecule has 5 rings (SSSR count). The maximum Gasteiger partial charge on any atom is 0.226 e. The van der Waals surface area contributed by atoms with Crippen LogP contribution in [0.25, 0.3) is 5.69 Å². The Morgan fingerprint density at radius 2 is 1.70 bits per heavy atom. The summed E-state index contributed by atoms with van der Waals surface area (Å²) in [6.45, 7) is 13.1. The van der Waals surface area contributed by atoms with Crippen molar-refractivity contribution in [3.05, 3.63) is 112 Å². The second-order valence-corrected chi connectivity index (χ2v) is 11.3. The zero-order valence-corrected chi connectivity index (χ0v) is 24.9. The minimum absolute atomic E-state index is 0.0303. The largest absolute Gasteiger partial charge is 0.352 e. The first-order valence-electron chi connectivity index (χ1n) is 13.7. The summed E-state index contributed by atoms with van der Waals surface area (Å²) >= 11 is 5.87. The molecule has 40 heavy (non-hydrogen) atoms. The van der Waals surface area contributed by atoms with E-state index in [1.165, 1.54) is 16.7 Å². The Bertz CT molecular complexity index is 1560. The molecule has 1 aliphatic rings. The van der Waals surface area contributed by atoms with Gasteiger partial charge in [0.2, 0.25) is 5.91 Å². The molecule has 0 aliphatic carbocycles. The molecule has 6 nitrogen and oxygen atoms in total. The van der Waals surface area contributed by atoms with Crippen LogP contribution in [0, 0.1) is 41.5 Å². The van der Waals surface area contributed by atoms with Crippen LogP contribution >= 0.6 is 12.2 Å². The summed E-state index contributed by atoms with van der Waals surface area (Å²) in [7, 11) is 0. The molecule has 7 heteroatoms. The second kappa shape index (κ2) is 11.3. The van der Waals surface area contributed by atoms with Gasteiger partial charge in [0.25, 0.3) is 0 Å². The third kappa shape index (κ3) is 5.52. The zero-order valence-electron chi connectivity index (χ0n) is 24.1. The van der Waals surface area contributed by atoms with Gasteiger partial charge in [-0.15, -0.1) is 0 Å². The van der Waals surface area contributed by atoms with Crippen LogP contribution in [0.15, 0.2) is 66.9 Å². The summed E-state index contributed by atoms with van der Waals surface area (Å²) in [5.41, 5.74) is 11.0. The topological polar surface area (TPSA) is 62.2 Å². The number of hydrogen-bond acceptors (Lipinski definition) is 3. The Balaban J connectivity index is 1.48. The molecule has 1 amide bonds. The lowest BCUT2D eigenvalue weighted by Crippen LogP contribution is -2.33. The summed E-state index contributed by atoms with van der Waals surface area (Å²) in [6.07, 6.45) is 2.13. The molecule has 0 spiro atoms. The number of carbonyl (C=O) groups excluding carboxylic acids is 1. The fourth-order valence-electron chi connectivity index (χ4n) is 5.85. The summed E-state index contributed by atoms with van der Waals surface area (Å²) in [5.74, 6) is -0.0303. The minimum Gasteiger partial charge on any atom is -0.352 e. The number of nitrogens with one attached hydrogen (secondary N) is 2. The number of nitrogens with zero attached hydrogens (tertiary/aromatic N) is 3. The van der Waals surface area contributed by atoms with Crippen LogP contribution in [-0.4, -0.2) is 32.0 Å². The number of carbonyl (C=O) groups is 1. The summed E-state index contributed by atoms with van der Waals surface area (Å²) in [4.78, 5) is 19.9. The Hall–Kier alpha value is -3.97. The van der Waals surface area contributed by atoms with Gasteiger partial charge in [0, 0.05) is 41.9 Å². The van der Waals surface area contributed by atoms with E-state index < -0.39 is 0 Å². The maximum absolute atomic E-state index is 13.1. The van der Waals surface area contributed by atoms with E-state index in [0.717, 1.165) is 39.6 Å². The third-order valence-electron chi connectivity index (χ3n) is 7.70. The van der Waals surface area contributed by atoms with Crippen LogP contribution in [-0.2, 0) is 4.79 Å². The predicted octanol–water partition coefficient (Wildman–Crippen LogP) is 6.72. The maximum atomic E-state index is 13.1. The van der Waals surface area contributed by atoms with Gasteiger partial charge in [-0.25, -0.2) is 0 Å². The first-order chi connectivity index (χ1) is 19.1. The van der Waals surface area contributed by atoms with Crippen LogP contribution in [0.4, 0.5) is 5.69 Å². The van der Waals surface area contributed by atoms with Gasteiger partial charge in [-0.1, -0.05) is 24.3 Å². The first kappa shape index (κ1) is 27.6. The summed E-state index contributed by atoms with van der Waals surface area (Å²) in [6, 6.07) is 20.7. The van der Waals surface area contributed by atoms with E-state index in [1.807, 2.05) is 50.4 Å². The van der Waals surface area contributed by atoms with Crippen molar-refractivity contribution in [1.82, 2.24) is 19.8 Å². The Morgan fingerprint density at radius 1 is 0.950 bits per heavy atom. The SMILES string of the molecule is Cc1cc(C)cc(-n2c(C)cc([C@H]3[C@H](c4ccccn4)NC(=S)N3CCC(=O)Nc3cc(C)ccc3C)c2C)c1. The van der Waals surface area contributed by atoms with Gasteiger partial charge in [-0.2, -0.15) is 0 Å².